The Morgan fingerprint density at radius 1 is 1.36 bits per heavy atom. The van der Waals surface area contributed by atoms with Crippen LogP contribution in [0.4, 0.5) is 0 Å². The summed E-state index contributed by atoms with van der Waals surface area (Å²) in [5.74, 6) is 0.164. The van der Waals surface area contributed by atoms with Gasteiger partial charge in [-0.25, -0.2) is 0 Å². The van der Waals surface area contributed by atoms with E-state index in [-0.39, 0.29) is 5.97 Å². The maximum absolute atomic E-state index is 11.1. The minimum Gasteiger partial charge on any atom is -0.453 e. The SMILES string of the molecule is O=C1CC[C@@](CCl)(c2ccccc2)O1. The molecule has 2 rings (SSSR count). The topological polar surface area (TPSA) is 26.3 Å². The van der Waals surface area contributed by atoms with E-state index in [1.54, 1.807) is 0 Å². The zero-order valence-corrected chi connectivity index (χ0v) is 8.46. The average molecular weight is 211 g/mol. The fourth-order valence-electron chi connectivity index (χ4n) is 1.74. The van der Waals surface area contributed by atoms with Crippen LogP contribution in [0, 0.1) is 0 Å². The zero-order valence-electron chi connectivity index (χ0n) is 7.70. The molecule has 74 valence electrons. The van der Waals surface area contributed by atoms with Gasteiger partial charge in [-0.3, -0.25) is 4.79 Å². The molecule has 1 aromatic carbocycles. The molecule has 1 saturated heterocycles. The monoisotopic (exact) mass is 210 g/mol. The second kappa shape index (κ2) is 3.62. The van der Waals surface area contributed by atoms with Crippen LogP contribution in [0.25, 0.3) is 0 Å². The van der Waals surface area contributed by atoms with Gasteiger partial charge < -0.3 is 4.74 Å². The van der Waals surface area contributed by atoms with Crippen molar-refractivity contribution in [1.82, 2.24) is 0 Å². The Morgan fingerprint density at radius 2 is 2.07 bits per heavy atom. The number of cyclic esters (lactones) is 1. The summed E-state index contributed by atoms with van der Waals surface area (Å²) < 4.78 is 5.31. The Hall–Kier alpha value is -1.02. The van der Waals surface area contributed by atoms with E-state index < -0.39 is 5.60 Å². The summed E-state index contributed by atoms with van der Waals surface area (Å²) >= 11 is 5.89. The summed E-state index contributed by atoms with van der Waals surface area (Å²) in [6, 6.07) is 9.68. The van der Waals surface area contributed by atoms with Crippen LogP contribution >= 0.6 is 11.6 Å². The Bertz CT molecular complexity index is 336. The van der Waals surface area contributed by atoms with E-state index in [9.17, 15) is 4.79 Å². The molecular formula is C11H11ClO2. The summed E-state index contributed by atoms with van der Waals surface area (Å²) in [5, 5.41) is 0. The maximum atomic E-state index is 11.1. The van der Waals surface area contributed by atoms with Crippen molar-refractivity contribution in [2.24, 2.45) is 0 Å². The molecule has 0 bridgehead atoms. The highest BCUT2D eigenvalue weighted by Crippen LogP contribution is 2.37. The smallest absolute Gasteiger partial charge is 0.306 e. The van der Waals surface area contributed by atoms with Crippen LogP contribution in [0.2, 0.25) is 0 Å². The quantitative estimate of drug-likeness (QED) is 0.554. The zero-order chi connectivity index (χ0) is 10.0. The van der Waals surface area contributed by atoms with E-state index in [1.807, 2.05) is 30.3 Å². The normalized spacial score (nSPS) is 26.2. The van der Waals surface area contributed by atoms with E-state index in [2.05, 4.69) is 0 Å². The van der Waals surface area contributed by atoms with Gasteiger partial charge in [-0.15, -0.1) is 11.6 Å². The molecule has 0 aromatic heterocycles. The number of hydrogen-bond acceptors (Lipinski definition) is 2. The van der Waals surface area contributed by atoms with Crippen LogP contribution in [-0.4, -0.2) is 11.8 Å². The molecule has 0 amide bonds. The fourth-order valence-corrected chi connectivity index (χ4v) is 2.08. The lowest BCUT2D eigenvalue weighted by molar-refractivity contribution is -0.147. The van der Waals surface area contributed by atoms with E-state index in [0.29, 0.717) is 18.7 Å². The van der Waals surface area contributed by atoms with Crippen molar-refractivity contribution in [2.75, 3.05) is 5.88 Å². The molecule has 1 aromatic rings. The predicted molar refractivity (Wildman–Crippen MR) is 54.2 cm³/mol. The van der Waals surface area contributed by atoms with Crippen LogP contribution in [0.1, 0.15) is 18.4 Å². The molecule has 0 radical (unpaired) electrons. The lowest BCUT2D eigenvalue weighted by Crippen LogP contribution is -2.27. The standard InChI is InChI=1S/C11H11ClO2/c12-8-11(7-6-10(13)14-11)9-4-2-1-3-5-9/h1-5H,6-8H2/t11-/m1/s1. The van der Waals surface area contributed by atoms with Crippen molar-refractivity contribution in [2.45, 2.75) is 18.4 Å². The second-order valence-corrected chi connectivity index (χ2v) is 3.74. The van der Waals surface area contributed by atoms with E-state index in [1.165, 1.54) is 0 Å². The fraction of sp³-hybridized carbons (Fsp3) is 0.364. The van der Waals surface area contributed by atoms with E-state index >= 15 is 0 Å². The van der Waals surface area contributed by atoms with Gasteiger partial charge >= 0.3 is 5.97 Å². The highest BCUT2D eigenvalue weighted by atomic mass is 35.5. The Labute approximate surface area is 87.8 Å². The molecule has 0 spiro atoms. The molecule has 14 heavy (non-hydrogen) atoms. The molecule has 1 aliphatic rings. The number of hydrogen-bond donors (Lipinski definition) is 0. The van der Waals surface area contributed by atoms with Gasteiger partial charge in [-0.1, -0.05) is 30.3 Å². The van der Waals surface area contributed by atoms with Gasteiger partial charge in [0.25, 0.3) is 0 Å². The molecule has 0 N–H and O–H groups in total. The van der Waals surface area contributed by atoms with Crippen molar-refractivity contribution in [1.29, 1.82) is 0 Å². The highest BCUT2D eigenvalue weighted by Gasteiger charge is 2.41. The minimum absolute atomic E-state index is 0.158. The molecule has 1 heterocycles. The number of alkyl halides is 1. The van der Waals surface area contributed by atoms with Gasteiger partial charge in [-0.2, -0.15) is 0 Å². The third kappa shape index (κ3) is 1.50. The molecule has 1 fully saturated rings. The molecule has 0 unspecified atom stereocenters. The van der Waals surface area contributed by atoms with Crippen LogP contribution < -0.4 is 0 Å². The third-order valence-electron chi connectivity index (χ3n) is 2.56. The van der Waals surface area contributed by atoms with Crippen molar-refractivity contribution in [3.05, 3.63) is 35.9 Å². The molecule has 3 heteroatoms. The van der Waals surface area contributed by atoms with Crippen molar-refractivity contribution in [3.63, 3.8) is 0 Å². The van der Waals surface area contributed by atoms with Crippen molar-refractivity contribution < 1.29 is 9.53 Å². The van der Waals surface area contributed by atoms with Gasteiger partial charge in [0.15, 0.2) is 5.60 Å². The summed E-state index contributed by atoms with van der Waals surface area (Å²) in [7, 11) is 0. The second-order valence-electron chi connectivity index (χ2n) is 3.47. The first-order valence-corrected chi connectivity index (χ1v) is 5.14. The number of halogens is 1. The van der Waals surface area contributed by atoms with Crippen LogP contribution in [0.5, 0.6) is 0 Å². The Kier molecular flexibility index (Phi) is 2.46. The van der Waals surface area contributed by atoms with Crippen molar-refractivity contribution >= 4 is 17.6 Å². The molecule has 2 nitrogen and oxygen atoms in total. The Morgan fingerprint density at radius 3 is 2.57 bits per heavy atom. The van der Waals surface area contributed by atoms with Crippen molar-refractivity contribution in [3.8, 4) is 0 Å². The first kappa shape index (κ1) is 9.53. The minimum atomic E-state index is -0.583. The molecule has 1 aliphatic heterocycles. The lowest BCUT2D eigenvalue weighted by Gasteiger charge is -2.25. The number of carbonyl (C=O) groups excluding carboxylic acids is 1. The maximum Gasteiger partial charge on any atom is 0.306 e. The van der Waals surface area contributed by atoms with Gasteiger partial charge in [0.05, 0.1) is 5.88 Å². The van der Waals surface area contributed by atoms with Crippen LogP contribution in [0.15, 0.2) is 30.3 Å². The number of benzene rings is 1. The first-order valence-electron chi connectivity index (χ1n) is 4.60. The van der Waals surface area contributed by atoms with Gasteiger partial charge in [0, 0.05) is 12.8 Å². The van der Waals surface area contributed by atoms with Gasteiger partial charge in [-0.05, 0) is 5.56 Å². The Balaban J connectivity index is 2.34. The number of ether oxygens (including phenoxy) is 1. The number of esters is 1. The predicted octanol–water partition coefficient (Wildman–Crippen LogP) is 2.46. The van der Waals surface area contributed by atoms with Gasteiger partial charge in [0.1, 0.15) is 0 Å². The third-order valence-corrected chi connectivity index (χ3v) is 2.99. The summed E-state index contributed by atoms with van der Waals surface area (Å²) in [6.45, 7) is 0. The first-order chi connectivity index (χ1) is 6.77. The highest BCUT2D eigenvalue weighted by molar-refractivity contribution is 6.18. The van der Waals surface area contributed by atoms with Gasteiger partial charge in [0.2, 0.25) is 0 Å². The van der Waals surface area contributed by atoms with Crippen LogP contribution in [-0.2, 0) is 15.1 Å². The van der Waals surface area contributed by atoms with E-state index in [0.717, 1.165) is 5.56 Å². The molecule has 1 atom stereocenters. The number of carbonyl (C=O) groups is 1. The summed E-state index contributed by atoms with van der Waals surface area (Å²) in [5.41, 5.74) is 0.403. The largest absolute Gasteiger partial charge is 0.453 e. The molecule has 0 aliphatic carbocycles. The van der Waals surface area contributed by atoms with E-state index in [4.69, 9.17) is 16.3 Å². The van der Waals surface area contributed by atoms with Crippen LogP contribution in [0.3, 0.4) is 0 Å². The molecular weight excluding hydrogens is 200 g/mol. The summed E-state index contributed by atoms with van der Waals surface area (Å²) in [6.07, 6.45) is 1.14. The summed E-state index contributed by atoms with van der Waals surface area (Å²) in [4.78, 5) is 11.1. The number of rotatable bonds is 2. The average Bonchev–Trinajstić information content (AvgIpc) is 2.63. The lowest BCUT2D eigenvalue weighted by atomic mass is 9.93. The molecule has 0 saturated carbocycles.